The molecule has 4 heteroatoms. The topological polar surface area (TPSA) is 41.6 Å². The summed E-state index contributed by atoms with van der Waals surface area (Å²) in [5, 5.41) is 5.36. The number of carbonyl (C=O) groups excluding carboxylic acids is 1. The molecule has 0 bridgehead atoms. The van der Waals surface area contributed by atoms with Gasteiger partial charge in [-0.2, -0.15) is 0 Å². The molecule has 0 aromatic heterocycles. The van der Waals surface area contributed by atoms with Crippen molar-refractivity contribution in [2.75, 3.05) is 26.0 Å². The number of hydrogen-bond acceptors (Lipinski definition) is 3. The largest absolute Gasteiger partial charge is 0.497 e. The molecule has 0 saturated carbocycles. The van der Waals surface area contributed by atoms with Gasteiger partial charge >= 0.3 is 0 Å². The second kappa shape index (κ2) is 7.81. The summed E-state index contributed by atoms with van der Waals surface area (Å²) >= 11 is 0. The van der Waals surface area contributed by atoms with Gasteiger partial charge in [-0.15, -0.1) is 0 Å². The quantitative estimate of drug-likeness (QED) is 0.743. The third-order valence-corrected chi connectivity index (χ3v) is 4.11. The van der Waals surface area contributed by atoms with Gasteiger partial charge in [0.25, 0.3) is 0 Å². The Kier molecular flexibility index (Phi) is 5.31. The van der Waals surface area contributed by atoms with Gasteiger partial charge in [0.05, 0.1) is 13.7 Å². The van der Waals surface area contributed by atoms with E-state index in [4.69, 9.17) is 4.74 Å². The molecule has 0 aliphatic carbocycles. The van der Waals surface area contributed by atoms with E-state index in [0.717, 1.165) is 18.0 Å². The normalized spacial score (nSPS) is 10.8. The Balaban J connectivity index is 1.61. The number of anilines is 1. The van der Waals surface area contributed by atoms with Crippen LogP contribution in [0.2, 0.25) is 0 Å². The number of carbonyl (C=O) groups is 1. The maximum Gasteiger partial charge on any atom is 0.238 e. The third kappa shape index (κ3) is 4.37. The highest BCUT2D eigenvalue weighted by Crippen LogP contribution is 2.20. The summed E-state index contributed by atoms with van der Waals surface area (Å²) < 4.78 is 5.12. The van der Waals surface area contributed by atoms with Crippen molar-refractivity contribution in [3.05, 3.63) is 72.3 Å². The van der Waals surface area contributed by atoms with Crippen LogP contribution in [-0.2, 0) is 11.3 Å². The molecule has 0 unspecified atom stereocenters. The summed E-state index contributed by atoms with van der Waals surface area (Å²) in [7, 11) is 3.57. The molecule has 0 radical (unpaired) electrons. The molecule has 3 rings (SSSR count). The van der Waals surface area contributed by atoms with Gasteiger partial charge in [0, 0.05) is 12.2 Å². The van der Waals surface area contributed by atoms with E-state index in [0.29, 0.717) is 6.54 Å². The van der Waals surface area contributed by atoms with Gasteiger partial charge in [0.1, 0.15) is 5.75 Å². The lowest BCUT2D eigenvalue weighted by Crippen LogP contribution is -2.29. The average Bonchev–Trinajstić information content (AvgIpc) is 2.62. The molecule has 0 aliphatic rings. The average molecular weight is 334 g/mol. The van der Waals surface area contributed by atoms with Crippen LogP contribution >= 0.6 is 0 Å². The van der Waals surface area contributed by atoms with Crippen molar-refractivity contribution in [1.82, 2.24) is 4.90 Å². The van der Waals surface area contributed by atoms with Crippen LogP contribution in [0.3, 0.4) is 0 Å². The van der Waals surface area contributed by atoms with E-state index in [-0.39, 0.29) is 5.91 Å². The fraction of sp³-hybridized carbons (Fsp3) is 0.190. The van der Waals surface area contributed by atoms with E-state index in [1.807, 2.05) is 48.3 Å². The minimum Gasteiger partial charge on any atom is -0.497 e. The maximum atomic E-state index is 12.2. The van der Waals surface area contributed by atoms with E-state index in [1.165, 1.54) is 16.3 Å². The number of nitrogens with zero attached hydrogens (tertiary/aromatic N) is 1. The Morgan fingerprint density at radius 1 is 1.00 bits per heavy atom. The predicted molar refractivity (Wildman–Crippen MR) is 102 cm³/mol. The zero-order chi connectivity index (χ0) is 17.6. The van der Waals surface area contributed by atoms with Crippen LogP contribution in [0.25, 0.3) is 10.8 Å². The highest BCUT2D eigenvalue weighted by atomic mass is 16.5. The summed E-state index contributed by atoms with van der Waals surface area (Å²) in [6, 6.07) is 21.9. The maximum absolute atomic E-state index is 12.2. The number of fused-ring (bicyclic) bond motifs is 1. The zero-order valence-corrected chi connectivity index (χ0v) is 14.5. The van der Waals surface area contributed by atoms with Crippen molar-refractivity contribution in [2.45, 2.75) is 6.54 Å². The van der Waals surface area contributed by atoms with Gasteiger partial charge in [0.15, 0.2) is 0 Å². The van der Waals surface area contributed by atoms with Gasteiger partial charge in [-0.05, 0) is 47.6 Å². The van der Waals surface area contributed by atoms with Crippen LogP contribution in [0.5, 0.6) is 5.75 Å². The molecular weight excluding hydrogens is 312 g/mol. The number of ether oxygens (including phenoxy) is 1. The first-order valence-corrected chi connectivity index (χ1v) is 8.25. The number of methoxy groups -OCH3 is 1. The number of benzene rings is 3. The van der Waals surface area contributed by atoms with Crippen LogP contribution in [0.4, 0.5) is 5.69 Å². The molecule has 0 atom stereocenters. The first-order valence-electron chi connectivity index (χ1n) is 8.25. The number of likely N-dealkylation sites (N-methyl/N-ethyl adjacent to an activating group) is 1. The van der Waals surface area contributed by atoms with Gasteiger partial charge in [0.2, 0.25) is 5.91 Å². The molecule has 1 N–H and O–H groups in total. The van der Waals surface area contributed by atoms with Crippen molar-refractivity contribution in [3.63, 3.8) is 0 Å². The Hall–Kier alpha value is -2.85. The van der Waals surface area contributed by atoms with Crippen LogP contribution in [-0.4, -0.2) is 31.5 Å². The van der Waals surface area contributed by atoms with Crippen molar-refractivity contribution in [2.24, 2.45) is 0 Å². The lowest BCUT2D eigenvalue weighted by atomic mass is 10.0. The van der Waals surface area contributed by atoms with Crippen molar-refractivity contribution >= 4 is 22.4 Å². The summed E-state index contributed by atoms with van der Waals surface area (Å²) in [6.45, 7) is 1.05. The Morgan fingerprint density at radius 2 is 1.72 bits per heavy atom. The minimum absolute atomic E-state index is 0.0343. The van der Waals surface area contributed by atoms with Gasteiger partial charge in [-0.1, -0.05) is 42.5 Å². The Labute approximate surface area is 148 Å². The van der Waals surface area contributed by atoms with E-state index < -0.39 is 0 Å². The molecule has 1 amide bonds. The Bertz CT molecular complexity index is 854. The van der Waals surface area contributed by atoms with Crippen LogP contribution in [0.1, 0.15) is 5.56 Å². The fourth-order valence-corrected chi connectivity index (χ4v) is 2.90. The highest BCUT2D eigenvalue weighted by Gasteiger charge is 2.09. The zero-order valence-electron chi connectivity index (χ0n) is 14.5. The first-order chi connectivity index (χ1) is 12.2. The van der Waals surface area contributed by atoms with E-state index in [2.05, 4.69) is 35.6 Å². The molecule has 4 nitrogen and oxygen atoms in total. The van der Waals surface area contributed by atoms with Gasteiger partial charge in [-0.3, -0.25) is 9.69 Å². The molecular formula is C21H22N2O2. The van der Waals surface area contributed by atoms with Crippen molar-refractivity contribution in [3.8, 4) is 5.75 Å². The van der Waals surface area contributed by atoms with Crippen molar-refractivity contribution in [1.29, 1.82) is 0 Å². The molecule has 25 heavy (non-hydrogen) atoms. The van der Waals surface area contributed by atoms with Gasteiger partial charge < -0.3 is 10.1 Å². The van der Waals surface area contributed by atoms with Crippen LogP contribution in [0, 0.1) is 0 Å². The molecule has 128 valence electrons. The lowest BCUT2D eigenvalue weighted by Gasteiger charge is -2.17. The van der Waals surface area contributed by atoms with E-state index in [1.54, 1.807) is 7.11 Å². The molecule has 0 spiro atoms. The summed E-state index contributed by atoms with van der Waals surface area (Å²) in [5.41, 5.74) is 1.99. The van der Waals surface area contributed by atoms with E-state index >= 15 is 0 Å². The Morgan fingerprint density at radius 3 is 2.48 bits per heavy atom. The predicted octanol–water partition coefficient (Wildman–Crippen LogP) is 3.92. The summed E-state index contributed by atoms with van der Waals surface area (Å²) in [5.74, 6) is 0.735. The second-order valence-electron chi connectivity index (χ2n) is 6.09. The molecule has 0 fully saturated rings. The highest BCUT2D eigenvalue weighted by molar-refractivity contribution is 5.92. The number of rotatable bonds is 6. The number of nitrogens with one attached hydrogen (secondary N) is 1. The SMILES string of the molecule is COc1ccc(NC(=O)CN(C)Cc2cccc3ccccc23)cc1. The van der Waals surface area contributed by atoms with Gasteiger partial charge in [-0.25, -0.2) is 0 Å². The summed E-state index contributed by atoms with van der Waals surface area (Å²) in [6.07, 6.45) is 0. The fourth-order valence-electron chi connectivity index (χ4n) is 2.90. The first kappa shape index (κ1) is 17.0. The molecule has 0 heterocycles. The van der Waals surface area contributed by atoms with Crippen LogP contribution < -0.4 is 10.1 Å². The van der Waals surface area contributed by atoms with E-state index in [9.17, 15) is 4.79 Å². The molecule has 0 aliphatic heterocycles. The third-order valence-electron chi connectivity index (χ3n) is 4.11. The molecule has 3 aromatic rings. The number of amides is 1. The molecule has 3 aromatic carbocycles. The summed E-state index contributed by atoms with van der Waals surface area (Å²) in [4.78, 5) is 14.3. The standard InChI is InChI=1S/C21H22N2O2/c1-23(14-17-8-5-7-16-6-3-4-9-20(16)17)15-21(24)22-18-10-12-19(25-2)13-11-18/h3-13H,14-15H2,1-2H3,(H,22,24). The smallest absolute Gasteiger partial charge is 0.238 e. The number of hydrogen-bond donors (Lipinski definition) is 1. The molecule has 0 saturated heterocycles. The van der Waals surface area contributed by atoms with Crippen LogP contribution in [0.15, 0.2) is 66.7 Å². The minimum atomic E-state index is -0.0343. The monoisotopic (exact) mass is 334 g/mol. The lowest BCUT2D eigenvalue weighted by molar-refractivity contribution is -0.117. The van der Waals surface area contributed by atoms with Crippen molar-refractivity contribution < 1.29 is 9.53 Å². The second-order valence-corrected chi connectivity index (χ2v) is 6.09.